The Morgan fingerprint density at radius 2 is 1.85 bits per heavy atom. The standard InChI is InChI=1S/C16H20BrN9/c1-24-15-12(13(17)23-24)14(21-11-22-15)18-5-6-25-7-9-26(10-8-25)16-19-3-2-4-20-16/h2-4,11H,5-10H2,1H3,(H,18,21,22). The van der Waals surface area contributed by atoms with E-state index in [-0.39, 0.29) is 0 Å². The number of hydrogen-bond acceptors (Lipinski definition) is 8. The highest BCUT2D eigenvalue weighted by Crippen LogP contribution is 2.26. The van der Waals surface area contributed by atoms with E-state index in [1.807, 2.05) is 13.1 Å². The maximum atomic E-state index is 4.37. The zero-order valence-electron chi connectivity index (χ0n) is 14.5. The Balaban J connectivity index is 1.31. The first-order chi connectivity index (χ1) is 12.7. The molecular formula is C16H20BrN9. The number of anilines is 2. The summed E-state index contributed by atoms with van der Waals surface area (Å²) in [6, 6.07) is 1.84. The summed E-state index contributed by atoms with van der Waals surface area (Å²) in [6.45, 7) is 5.64. The second-order valence-electron chi connectivity index (χ2n) is 6.14. The van der Waals surface area contributed by atoms with Gasteiger partial charge in [-0.15, -0.1) is 0 Å². The SMILES string of the molecule is Cn1nc(Br)c2c(NCCN3CCN(c4ncccn4)CC3)ncnc21. The van der Waals surface area contributed by atoms with Crippen molar-refractivity contribution in [3.05, 3.63) is 29.4 Å². The molecule has 4 rings (SSSR count). The Morgan fingerprint density at radius 1 is 1.08 bits per heavy atom. The van der Waals surface area contributed by atoms with Crippen LogP contribution in [-0.2, 0) is 7.05 Å². The molecule has 4 heterocycles. The number of piperazine rings is 1. The van der Waals surface area contributed by atoms with Crippen LogP contribution in [0.2, 0.25) is 0 Å². The van der Waals surface area contributed by atoms with Gasteiger partial charge in [-0.3, -0.25) is 4.90 Å². The maximum absolute atomic E-state index is 4.37. The van der Waals surface area contributed by atoms with E-state index >= 15 is 0 Å². The van der Waals surface area contributed by atoms with Crippen LogP contribution in [-0.4, -0.2) is 73.9 Å². The largest absolute Gasteiger partial charge is 0.368 e. The molecule has 0 bridgehead atoms. The lowest BCUT2D eigenvalue weighted by Gasteiger charge is -2.34. The predicted molar refractivity (Wildman–Crippen MR) is 103 cm³/mol. The lowest BCUT2D eigenvalue weighted by molar-refractivity contribution is 0.266. The molecule has 0 spiro atoms. The van der Waals surface area contributed by atoms with E-state index in [0.717, 1.165) is 66.7 Å². The first kappa shape index (κ1) is 17.1. The van der Waals surface area contributed by atoms with Crippen LogP contribution in [0.4, 0.5) is 11.8 Å². The molecule has 10 heteroatoms. The van der Waals surface area contributed by atoms with Gasteiger partial charge in [-0.25, -0.2) is 24.6 Å². The van der Waals surface area contributed by atoms with E-state index in [9.17, 15) is 0 Å². The van der Waals surface area contributed by atoms with Crippen molar-refractivity contribution in [3.63, 3.8) is 0 Å². The van der Waals surface area contributed by atoms with Crippen LogP contribution in [0.15, 0.2) is 29.4 Å². The Hall–Kier alpha value is -2.33. The molecule has 0 radical (unpaired) electrons. The molecule has 0 aliphatic carbocycles. The van der Waals surface area contributed by atoms with Gasteiger partial charge in [0.2, 0.25) is 5.95 Å². The number of rotatable bonds is 5. The van der Waals surface area contributed by atoms with Crippen molar-refractivity contribution in [3.8, 4) is 0 Å². The van der Waals surface area contributed by atoms with Gasteiger partial charge in [0.1, 0.15) is 16.7 Å². The third kappa shape index (κ3) is 3.47. The fourth-order valence-electron chi connectivity index (χ4n) is 3.13. The van der Waals surface area contributed by atoms with Crippen molar-refractivity contribution in [2.75, 3.05) is 49.5 Å². The molecule has 3 aromatic rings. The lowest BCUT2D eigenvalue weighted by Crippen LogP contribution is -2.48. The minimum absolute atomic E-state index is 0.759. The van der Waals surface area contributed by atoms with Crippen molar-refractivity contribution < 1.29 is 0 Å². The van der Waals surface area contributed by atoms with Crippen LogP contribution in [0.1, 0.15) is 0 Å². The van der Waals surface area contributed by atoms with E-state index in [1.54, 1.807) is 23.4 Å². The van der Waals surface area contributed by atoms with Crippen LogP contribution in [0.3, 0.4) is 0 Å². The predicted octanol–water partition coefficient (Wildman–Crippen LogP) is 1.15. The third-order valence-corrected chi connectivity index (χ3v) is 5.06. The van der Waals surface area contributed by atoms with Crippen LogP contribution in [0.25, 0.3) is 11.0 Å². The number of halogens is 1. The first-order valence-electron chi connectivity index (χ1n) is 8.54. The van der Waals surface area contributed by atoms with E-state index in [0.29, 0.717) is 0 Å². The summed E-state index contributed by atoms with van der Waals surface area (Å²) in [4.78, 5) is 22.0. The summed E-state index contributed by atoms with van der Waals surface area (Å²) in [6.07, 6.45) is 5.15. The van der Waals surface area contributed by atoms with Crippen LogP contribution in [0.5, 0.6) is 0 Å². The topological polar surface area (TPSA) is 87.9 Å². The molecule has 1 N–H and O–H groups in total. The minimum Gasteiger partial charge on any atom is -0.368 e. The lowest BCUT2D eigenvalue weighted by atomic mass is 10.3. The van der Waals surface area contributed by atoms with Crippen LogP contribution in [0, 0.1) is 0 Å². The summed E-state index contributed by atoms with van der Waals surface area (Å²) in [7, 11) is 1.87. The van der Waals surface area contributed by atoms with Crippen molar-refractivity contribution in [1.82, 2.24) is 34.6 Å². The molecule has 0 aromatic carbocycles. The number of hydrogen-bond donors (Lipinski definition) is 1. The van der Waals surface area contributed by atoms with Crippen molar-refractivity contribution in [2.24, 2.45) is 7.05 Å². The molecule has 136 valence electrons. The number of aryl methyl sites for hydroxylation is 1. The van der Waals surface area contributed by atoms with E-state index in [2.05, 4.69) is 56.1 Å². The van der Waals surface area contributed by atoms with Gasteiger partial charge in [0.25, 0.3) is 0 Å². The second-order valence-corrected chi connectivity index (χ2v) is 6.89. The first-order valence-corrected chi connectivity index (χ1v) is 9.33. The molecule has 0 amide bonds. The van der Waals surface area contributed by atoms with Gasteiger partial charge in [-0.1, -0.05) is 0 Å². The fourth-order valence-corrected chi connectivity index (χ4v) is 3.74. The molecule has 0 atom stereocenters. The van der Waals surface area contributed by atoms with Gasteiger partial charge in [0.05, 0.1) is 5.39 Å². The Labute approximate surface area is 159 Å². The maximum Gasteiger partial charge on any atom is 0.225 e. The molecule has 1 saturated heterocycles. The average molecular weight is 418 g/mol. The number of nitrogens with one attached hydrogen (secondary N) is 1. The highest BCUT2D eigenvalue weighted by Gasteiger charge is 2.19. The molecule has 3 aromatic heterocycles. The summed E-state index contributed by atoms with van der Waals surface area (Å²) in [5.74, 6) is 1.63. The number of nitrogens with zero attached hydrogens (tertiary/aromatic N) is 8. The number of aromatic nitrogens is 6. The molecule has 1 aliphatic heterocycles. The molecule has 9 nitrogen and oxygen atoms in total. The summed E-state index contributed by atoms with van der Waals surface area (Å²) < 4.78 is 2.51. The zero-order chi connectivity index (χ0) is 17.9. The van der Waals surface area contributed by atoms with Crippen molar-refractivity contribution >= 4 is 38.7 Å². The smallest absolute Gasteiger partial charge is 0.225 e. The van der Waals surface area contributed by atoms with Crippen molar-refractivity contribution in [2.45, 2.75) is 0 Å². The molecule has 1 aliphatic rings. The summed E-state index contributed by atoms with van der Waals surface area (Å²) >= 11 is 3.49. The fraction of sp³-hybridized carbons (Fsp3) is 0.438. The van der Waals surface area contributed by atoms with Gasteiger partial charge in [-0.2, -0.15) is 5.10 Å². The average Bonchev–Trinajstić information content (AvgIpc) is 2.98. The monoisotopic (exact) mass is 417 g/mol. The van der Waals surface area contributed by atoms with E-state index in [1.165, 1.54) is 0 Å². The Morgan fingerprint density at radius 3 is 2.62 bits per heavy atom. The molecule has 26 heavy (non-hydrogen) atoms. The van der Waals surface area contributed by atoms with Crippen LogP contribution >= 0.6 is 15.9 Å². The van der Waals surface area contributed by atoms with Crippen molar-refractivity contribution in [1.29, 1.82) is 0 Å². The van der Waals surface area contributed by atoms with Gasteiger partial charge >= 0.3 is 0 Å². The highest BCUT2D eigenvalue weighted by atomic mass is 79.9. The Kier molecular flexibility index (Phi) is 4.93. The normalized spacial score (nSPS) is 15.5. The van der Waals surface area contributed by atoms with E-state index < -0.39 is 0 Å². The molecular weight excluding hydrogens is 398 g/mol. The van der Waals surface area contributed by atoms with E-state index in [4.69, 9.17) is 0 Å². The third-order valence-electron chi connectivity index (χ3n) is 4.51. The van der Waals surface area contributed by atoms with Gasteiger partial charge < -0.3 is 10.2 Å². The zero-order valence-corrected chi connectivity index (χ0v) is 16.1. The quantitative estimate of drug-likeness (QED) is 0.661. The second kappa shape index (κ2) is 7.50. The van der Waals surface area contributed by atoms with Gasteiger partial charge in [-0.05, 0) is 22.0 Å². The van der Waals surface area contributed by atoms with Gasteiger partial charge in [0.15, 0.2) is 5.65 Å². The van der Waals surface area contributed by atoms with Crippen LogP contribution < -0.4 is 10.2 Å². The summed E-state index contributed by atoms with van der Waals surface area (Å²) in [5.41, 5.74) is 0.811. The Bertz CT molecular complexity index is 874. The molecule has 1 fully saturated rings. The highest BCUT2D eigenvalue weighted by molar-refractivity contribution is 9.10. The minimum atomic E-state index is 0.759. The summed E-state index contributed by atoms with van der Waals surface area (Å²) in [5, 5.41) is 8.68. The van der Waals surface area contributed by atoms with Gasteiger partial charge in [0, 0.05) is 58.7 Å². The molecule has 0 saturated carbocycles. The number of fused-ring (bicyclic) bond motifs is 1. The molecule has 0 unspecified atom stereocenters.